The molecule has 3 heteroatoms. The highest BCUT2D eigenvalue weighted by atomic mass is 19.1. The molecule has 0 unspecified atom stereocenters. The predicted molar refractivity (Wildman–Crippen MR) is 132 cm³/mol. The quantitative estimate of drug-likeness (QED) is 0.281. The first kappa shape index (κ1) is 20.7. The summed E-state index contributed by atoms with van der Waals surface area (Å²) >= 11 is 0. The maximum atomic E-state index is 14.9. The van der Waals surface area contributed by atoms with Crippen molar-refractivity contribution in [1.29, 1.82) is 0 Å². The van der Waals surface area contributed by atoms with Gasteiger partial charge in [-0.15, -0.1) is 0 Å². The summed E-state index contributed by atoms with van der Waals surface area (Å²) in [5.41, 5.74) is 5.74. The van der Waals surface area contributed by atoms with Gasteiger partial charge in [-0.25, -0.2) is 4.39 Å². The fraction of sp³-hybridized carbons (Fsp3) is 0.276. The Morgan fingerprint density at radius 1 is 0.844 bits per heavy atom. The lowest BCUT2D eigenvalue weighted by Gasteiger charge is -2.15. The van der Waals surface area contributed by atoms with Gasteiger partial charge in [0.25, 0.3) is 0 Å². The van der Waals surface area contributed by atoms with Crippen LogP contribution in [0.2, 0.25) is 0 Å². The first-order valence-corrected chi connectivity index (χ1v) is 11.6. The monoisotopic (exact) mass is 425 g/mol. The Kier molecular flexibility index (Phi) is 5.21. The van der Waals surface area contributed by atoms with Gasteiger partial charge >= 0.3 is 0 Å². The van der Waals surface area contributed by atoms with E-state index < -0.39 is 0 Å². The Morgan fingerprint density at radius 2 is 1.59 bits per heavy atom. The van der Waals surface area contributed by atoms with E-state index >= 15 is 0 Å². The molecule has 0 spiro atoms. The van der Waals surface area contributed by atoms with Crippen LogP contribution in [0.4, 0.5) is 4.39 Å². The molecule has 162 valence electrons. The van der Waals surface area contributed by atoms with Gasteiger partial charge in [0.15, 0.2) is 0 Å². The molecule has 2 aromatic heterocycles. The molecule has 2 nitrogen and oxygen atoms in total. The van der Waals surface area contributed by atoms with Gasteiger partial charge in [0, 0.05) is 27.1 Å². The second kappa shape index (κ2) is 8.05. The summed E-state index contributed by atoms with van der Waals surface area (Å²) in [6, 6.07) is 18.6. The smallest absolute Gasteiger partial charge is 0.149 e. The van der Waals surface area contributed by atoms with Gasteiger partial charge < -0.3 is 4.42 Å². The van der Waals surface area contributed by atoms with Crippen molar-refractivity contribution in [2.24, 2.45) is 0 Å². The molecule has 5 rings (SSSR count). The van der Waals surface area contributed by atoms with Crippen LogP contribution in [0.15, 0.2) is 65.2 Å². The Balaban J connectivity index is 1.83. The third-order valence-electron chi connectivity index (χ3n) is 6.74. The van der Waals surface area contributed by atoms with Gasteiger partial charge in [-0.3, -0.25) is 4.98 Å². The van der Waals surface area contributed by atoms with E-state index in [1.165, 1.54) is 17.3 Å². The molecule has 0 fully saturated rings. The topological polar surface area (TPSA) is 26.0 Å². The molecule has 0 amide bonds. The maximum absolute atomic E-state index is 14.9. The van der Waals surface area contributed by atoms with Gasteiger partial charge in [0.05, 0.1) is 11.9 Å². The van der Waals surface area contributed by atoms with Gasteiger partial charge in [-0.2, -0.15) is 0 Å². The molecular formula is C29H28FNO. The molecule has 3 aromatic carbocycles. The Labute approximate surface area is 188 Å². The van der Waals surface area contributed by atoms with Crippen LogP contribution in [0, 0.1) is 5.82 Å². The number of rotatable bonds is 5. The van der Waals surface area contributed by atoms with Crippen LogP contribution in [0.3, 0.4) is 0 Å². The molecule has 0 aliphatic heterocycles. The van der Waals surface area contributed by atoms with E-state index in [9.17, 15) is 4.39 Å². The van der Waals surface area contributed by atoms with Crippen molar-refractivity contribution in [3.63, 3.8) is 0 Å². The average Bonchev–Trinajstić information content (AvgIpc) is 3.19. The van der Waals surface area contributed by atoms with Crippen molar-refractivity contribution in [1.82, 2.24) is 4.98 Å². The molecule has 5 aromatic rings. The fourth-order valence-electron chi connectivity index (χ4n) is 4.81. The van der Waals surface area contributed by atoms with E-state index in [0.717, 1.165) is 51.4 Å². The van der Waals surface area contributed by atoms with Crippen molar-refractivity contribution < 1.29 is 8.81 Å². The summed E-state index contributed by atoms with van der Waals surface area (Å²) in [5, 5.41) is 3.62. The van der Waals surface area contributed by atoms with Crippen molar-refractivity contribution in [2.45, 2.75) is 52.4 Å². The summed E-state index contributed by atoms with van der Waals surface area (Å²) in [5.74, 6) is 0.499. The Morgan fingerprint density at radius 3 is 2.34 bits per heavy atom. The lowest BCUT2D eigenvalue weighted by Crippen LogP contribution is -1.98. The maximum Gasteiger partial charge on any atom is 0.149 e. The number of aromatic nitrogens is 1. The molecule has 0 aliphatic rings. The zero-order valence-electron chi connectivity index (χ0n) is 19.1. The number of furan rings is 1. The number of benzene rings is 3. The Hall–Kier alpha value is -3.20. The number of hydrogen-bond donors (Lipinski definition) is 0. The zero-order chi connectivity index (χ0) is 22.4. The van der Waals surface area contributed by atoms with Gasteiger partial charge in [0.1, 0.15) is 17.0 Å². The highest BCUT2D eigenvalue weighted by Gasteiger charge is 2.19. The third-order valence-corrected chi connectivity index (χ3v) is 6.74. The van der Waals surface area contributed by atoms with Crippen molar-refractivity contribution in [3.8, 4) is 11.3 Å². The second-order valence-electron chi connectivity index (χ2n) is 8.97. The lowest BCUT2D eigenvalue weighted by atomic mass is 9.90. The van der Waals surface area contributed by atoms with E-state index in [-0.39, 0.29) is 5.82 Å². The summed E-state index contributed by atoms with van der Waals surface area (Å²) in [4.78, 5) is 4.58. The number of nitrogens with zero attached hydrogens (tertiary/aromatic N) is 1. The van der Waals surface area contributed by atoms with E-state index in [4.69, 9.17) is 4.42 Å². The molecule has 32 heavy (non-hydrogen) atoms. The molecule has 2 heterocycles. The normalized spacial score (nSPS) is 12.1. The second-order valence-corrected chi connectivity index (χ2v) is 8.97. The van der Waals surface area contributed by atoms with Crippen LogP contribution < -0.4 is 0 Å². The summed E-state index contributed by atoms with van der Waals surface area (Å²) in [6.07, 6.45) is 3.43. The number of hydrogen-bond acceptors (Lipinski definition) is 2. The molecule has 0 atom stereocenters. The van der Waals surface area contributed by atoms with Crippen LogP contribution in [0.1, 0.15) is 63.5 Å². The van der Waals surface area contributed by atoms with E-state index in [2.05, 4.69) is 56.9 Å². The van der Waals surface area contributed by atoms with Gasteiger partial charge in [-0.1, -0.05) is 58.0 Å². The first-order chi connectivity index (χ1) is 15.5. The Bertz CT molecular complexity index is 1440. The summed E-state index contributed by atoms with van der Waals surface area (Å²) in [6.45, 7) is 8.74. The largest absolute Gasteiger partial charge is 0.455 e. The highest BCUT2D eigenvalue weighted by Crippen LogP contribution is 2.40. The molecule has 0 aliphatic carbocycles. The van der Waals surface area contributed by atoms with Crippen LogP contribution in [0.5, 0.6) is 0 Å². The minimum atomic E-state index is -0.280. The molecular weight excluding hydrogens is 397 g/mol. The highest BCUT2D eigenvalue weighted by molar-refractivity contribution is 6.12. The zero-order valence-corrected chi connectivity index (χ0v) is 19.1. The van der Waals surface area contributed by atoms with E-state index in [1.807, 2.05) is 30.3 Å². The minimum absolute atomic E-state index is 0.280. The average molecular weight is 426 g/mol. The third kappa shape index (κ3) is 3.28. The standard InChI is InChI=1S/C29H28FNO/c1-5-18(6-2)19-11-12-22-23(13-19)26(30)16-31-28(22)25-15-20(17(3)4)14-24-21-9-7-8-10-27(21)32-29(24)25/h7-18H,5-6H2,1-4H3. The van der Waals surface area contributed by atoms with Crippen molar-refractivity contribution in [2.75, 3.05) is 0 Å². The van der Waals surface area contributed by atoms with Crippen LogP contribution in [0.25, 0.3) is 44.0 Å². The summed E-state index contributed by atoms with van der Waals surface area (Å²) < 4.78 is 21.3. The molecule has 0 saturated carbocycles. The van der Waals surface area contributed by atoms with E-state index in [0.29, 0.717) is 17.2 Å². The lowest BCUT2D eigenvalue weighted by molar-refractivity contribution is 0.630. The van der Waals surface area contributed by atoms with Crippen molar-refractivity contribution >= 4 is 32.7 Å². The first-order valence-electron chi connectivity index (χ1n) is 11.6. The molecule has 0 bridgehead atoms. The summed E-state index contributed by atoms with van der Waals surface area (Å²) in [7, 11) is 0. The van der Waals surface area contributed by atoms with E-state index in [1.54, 1.807) is 0 Å². The predicted octanol–water partition coefficient (Wildman–Crippen LogP) is 8.97. The van der Waals surface area contributed by atoms with Crippen LogP contribution in [-0.2, 0) is 0 Å². The van der Waals surface area contributed by atoms with Crippen LogP contribution >= 0.6 is 0 Å². The van der Waals surface area contributed by atoms with Gasteiger partial charge in [-0.05, 0) is 60.1 Å². The number of pyridine rings is 1. The minimum Gasteiger partial charge on any atom is -0.455 e. The molecule has 0 saturated heterocycles. The van der Waals surface area contributed by atoms with Crippen molar-refractivity contribution in [3.05, 3.63) is 77.7 Å². The number of halogens is 1. The number of para-hydroxylation sites is 1. The van der Waals surface area contributed by atoms with Gasteiger partial charge in [0.2, 0.25) is 0 Å². The molecule has 0 N–H and O–H groups in total. The SMILES string of the molecule is CCC(CC)c1ccc2c(-c3cc(C(C)C)cc4c3oc3ccccc34)ncc(F)c2c1. The number of fused-ring (bicyclic) bond motifs is 4. The van der Waals surface area contributed by atoms with Crippen LogP contribution in [-0.4, -0.2) is 4.98 Å². The molecule has 0 radical (unpaired) electrons. The fourth-order valence-corrected chi connectivity index (χ4v) is 4.81.